The normalized spacial score (nSPS) is 56.2. The molecule has 5 unspecified atom stereocenters. The first-order valence-corrected chi connectivity index (χ1v) is 9.52. The van der Waals surface area contributed by atoms with Gasteiger partial charge in [-0.3, -0.25) is 0 Å². The molecule has 0 aromatic carbocycles. The van der Waals surface area contributed by atoms with E-state index < -0.39 is 22.6 Å². The Morgan fingerprint density at radius 1 is 0.667 bits per heavy atom. The first kappa shape index (κ1) is 16.0. The summed E-state index contributed by atoms with van der Waals surface area (Å²) in [6.07, 6.45) is 6.04. The van der Waals surface area contributed by atoms with Crippen LogP contribution < -0.4 is 0 Å². The van der Waals surface area contributed by atoms with Crippen LogP contribution >= 0.6 is 0 Å². The Hall–Kier alpha value is -0.240. The Labute approximate surface area is 142 Å². The largest absolute Gasteiger partial charge is 0.372 e. The highest BCUT2D eigenvalue weighted by Gasteiger charge is 2.84. The van der Waals surface area contributed by atoms with Crippen molar-refractivity contribution in [2.24, 2.45) is 0 Å². The third-order valence-electron chi connectivity index (χ3n) is 7.40. The molecule has 0 aromatic heterocycles. The molecule has 0 bridgehead atoms. The molecule has 0 spiro atoms. The highest BCUT2D eigenvalue weighted by Crippen LogP contribution is 2.67. The second-order valence-electron chi connectivity index (χ2n) is 8.00. The van der Waals surface area contributed by atoms with E-state index in [0.717, 1.165) is 51.7 Å². The molecule has 6 heteroatoms. The molecule has 0 saturated carbocycles. The maximum absolute atomic E-state index is 11.1. The van der Waals surface area contributed by atoms with Crippen LogP contribution in [-0.4, -0.2) is 66.3 Å². The smallest absolute Gasteiger partial charge is 0.200 e. The van der Waals surface area contributed by atoms with Gasteiger partial charge in [0.15, 0.2) is 11.4 Å². The summed E-state index contributed by atoms with van der Waals surface area (Å²) >= 11 is 0. The second kappa shape index (κ2) is 4.93. The van der Waals surface area contributed by atoms with Gasteiger partial charge in [0.05, 0.1) is 33.0 Å². The van der Waals surface area contributed by atoms with Crippen molar-refractivity contribution >= 4 is 0 Å². The Bertz CT molecular complexity index is 512. The third kappa shape index (κ3) is 1.47. The average Bonchev–Trinajstić information content (AvgIpc) is 2.35. The van der Waals surface area contributed by atoms with Crippen LogP contribution in [0.4, 0.5) is 0 Å². The van der Waals surface area contributed by atoms with Gasteiger partial charge >= 0.3 is 0 Å². The minimum atomic E-state index is -1.26. The molecule has 5 rings (SSSR count). The van der Waals surface area contributed by atoms with Crippen LogP contribution in [-0.2, 0) is 23.7 Å². The first-order chi connectivity index (χ1) is 11.6. The van der Waals surface area contributed by atoms with E-state index in [9.17, 15) is 5.11 Å². The van der Waals surface area contributed by atoms with E-state index in [1.807, 2.05) is 0 Å². The fourth-order valence-electron chi connectivity index (χ4n) is 5.95. The molecule has 24 heavy (non-hydrogen) atoms. The molecule has 6 nitrogen and oxygen atoms in total. The zero-order chi connectivity index (χ0) is 16.5. The van der Waals surface area contributed by atoms with E-state index in [2.05, 4.69) is 6.92 Å². The standard InChI is InChI=1S/C18H28O6/c1-2-3-14(4-9-20-14)15(5-10-21-15)16(6-11-22-16)17(7-12-23-17)18(19)8-13-24-18/h19H,2-13H2,1H3. The molecule has 5 atom stereocenters. The van der Waals surface area contributed by atoms with Crippen molar-refractivity contribution in [2.45, 2.75) is 80.1 Å². The van der Waals surface area contributed by atoms with E-state index in [-0.39, 0.29) is 5.60 Å². The fourth-order valence-corrected chi connectivity index (χ4v) is 5.95. The van der Waals surface area contributed by atoms with Crippen LogP contribution in [0.25, 0.3) is 0 Å². The molecule has 5 aliphatic heterocycles. The van der Waals surface area contributed by atoms with Crippen molar-refractivity contribution in [1.29, 1.82) is 0 Å². The quantitative estimate of drug-likeness (QED) is 0.791. The van der Waals surface area contributed by atoms with Gasteiger partial charge < -0.3 is 28.8 Å². The monoisotopic (exact) mass is 340 g/mol. The van der Waals surface area contributed by atoms with Gasteiger partial charge in [0.25, 0.3) is 0 Å². The lowest BCUT2D eigenvalue weighted by Gasteiger charge is -2.75. The molecule has 136 valence electrons. The van der Waals surface area contributed by atoms with E-state index in [1.54, 1.807) is 0 Å². The molecule has 5 heterocycles. The summed E-state index contributed by atoms with van der Waals surface area (Å²) in [7, 11) is 0. The molecular formula is C18H28O6. The Morgan fingerprint density at radius 3 is 1.38 bits per heavy atom. The van der Waals surface area contributed by atoms with Gasteiger partial charge in [0.2, 0.25) is 0 Å². The number of hydrogen-bond acceptors (Lipinski definition) is 6. The van der Waals surface area contributed by atoms with Crippen LogP contribution in [0.1, 0.15) is 51.9 Å². The molecule has 5 aliphatic rings. The number of hydrogen-bond donors (Lipinski definition) is 1. The maximum Gasteiger partial charge on any atom is 0.200 e. The van der Waals surface area contributed by atoms with Crippen LogP contribution in [0, 0.1) is 0 Å². The molecule has 5 saturated heterocycles. The highest BCUT2D eigenvalue weighted by molar-refractivity contribution is 5.31. The summed E-state index contributed by atoms with van der Waals surface area (Å²) in [5, 5.41) is 11.1. The Balaban J connectivity index is 1.59. The molecule has 5 fully saturated rings. The lowest BCUT2D eigenvalue weighted by atomic mass is 9.50. The molecular weight excluding hydrogens is 312 g/mol. The summed E-state index contributed by atoms with van der Waals surface area (Å²) in [5.41, 5.74) is -2.33. The van der Waals surface area contributed by atoms with Gasteiger partial charge in [-0.05, 0) is 6.42 Å². The molecule has 0 aromatic rings. The van der Waals surface area contributed by atoms with E-state index in [0.29, 0.717) is 26.2 Å². The number of ether oxygens (including phenoxy) is 5. The topological polar surface area (TPSA) is 66.4 Å². The second-order valence-corrected chi connectivity index (χ2v) is 8.00. The van der Waals surface area contributed by atoms with Crippen molar-refractivity contribution in [1.82, 2.24) is 0 Å². The SMILES string of the molecule is CCCC1(C2(C3(C4(C5(O)CCO5)CCO4)CCO3)CCO2)CCO1. The minimum Gasteiger partial charge on any atom is -0.372 e. The van der Waals surface area contributed by atoms with Gasteiger partial charge in [0.1, 0.15) is 16.8 Å². The van der Waals surface area contributed by atoms with Crippen molar-refractivity contribution in [3.8, 4) is 0 Å². The predicted octanol–water partition coefficient (Wildman–Crippen LogP) is 1.53. The highest BCUT2D eigenvalue weighted by atomic mass is 16.7. The van der Waals surface area contributed by atoms with E-state index in [1.165, 1.54) is 0 Å². The fraction of sp³-hybridized carbons (Fsp3) is 1.00. The molecule has 0 radical (unpaired) electrons. The van der Waals surface area contributed by atoms with E-state index >= 15 is 0 Å². The average molecular weight is 340 g/mol. The summed E-state index contributed by atoms with van der Waals surface area (Å²) in [6, 6.07) is 0. The molecule has 0 amide bonds. The van der Waals surface area contributed by atoms with Crippen molar-refractivity contribution in [3.05, 3.63) is 0 Å². The van der Waals surface area contributed by atoms with Gasteiger partial charge in [-0.25, -0.2) is 0 Å². The number of rotatable bonds is 6. The zero-order valence-electron chi connectivity index (χ0n) is 14.5. The van der Waals surface area contributed by atoms with Crippen LogP contribution in [0.5, 0.6) is 0 Å². The predicted molar refractivity (Wildman–Crippen MR) is 83.6 cm³/mol. The van der Waals surface area contributed by atoms with Crippen molar-refractivity contribution in [2.75, 3.05) is 33.0 Å². The number of aliphatic hydroxyl groups is 1. The van der Waals surface area contributed by atoms with Gasteiger partial charge in [-0.2, -0.15) is 0 Å². The summed E-state index contributed by atoms with van der Waals surface area (Å²) in [5.74, 6) is -1.26. The Kier molecular flexibility index (Phi) is 3.28. The van der Waals surface area contributed by atoms with Crippen LogP contribution in [0.3, 0.4) is 0 Å². The van der Waals surface area contributed by atoms with Crippen molar-refractivity contribution < 1.29 is 28.8 Å². The lowest BCUT2D eigenvalue weighted by Crippen LogP contribution is -2.91. The van der Waals surface area contributed by atoms with Crippen LogP contribution in [0.2, 0.25) is 0 Å². The lowest BCUT2D eigenvalue weighted by molar-refractivity contribution is -0.501. The van der Waals surface area contributed by atoms with Crippen LogP contribution in [0.15, 0.2) is 0 Å². The zero-order valence-corrected chi connectivity index (χ0v) is 14.5. The molecule has 0 aliphatic carbocycles. The minimum absolute atomic E-state index is 0.313. The maximum atomic E-state index is 11.1. The molecule has 1 N–H and O–H groups in total. The summed E-state index contributed by atoms with van der Waals surface area (Å²) in [4.78, 5) is 0. The summed E-state index contributed by atoms with van der Waals surface area (Å²) < 4.78 is 30.6. The third-order valence-corrected chi connectivity index (χ3v) is 7.40. The van der Waals surface area contributed by atoms with E-state index in [4.69, 9.17) is 23.7 Å². The first-order valence-electron chi connectivity index (χ1n) is 9.52. The van der Waals surface area contributed by atoms with Gasteiger partial charge in [-0.1, -0.05) is 13.3 Å². The van der Waals surface area contributed by atoms with Gasteiger partial charge in [0, 0.05) is 32.1 Å². The summed E-state index contributed by atoms with van der Waals surface area (Å²) in [6.45, 7) is 5.55. The van der Waals surface area contributed by atoms with Gasteiger partial charge in [-0.15, -0.1) is 0 Å². The van der Waals surface area contributed by atoms with Crippen molar-refractivity contribution in [3.63, 3.8) is 0 Å². The Morgan fingerprint density at radius 2 is 1.12 bits per heavy atom.